The molecule has 24 heavy (non-hydrogen) atoms. The fourth-order valence-electron chi connectivity index (χ4n) is 3.72. The van der Waals surface area contributed by atoms with E-state index in [2.05, 4.69) is 57.8 Å². The maximum atomic E-state index is 12.2. The highest BCUT2D eigenvalue weighted by Gasteiger charge is 2.34. The number of piperidine rings is 1. The summed E-state index contributed by atoms with van der Waals surface area (Å²) >= 11 is 5.26. The third kappa shape index (κ3) is 5.94. The van der Waals surface area contributed by atoms with Gasteiger partial charge in [-0.2, -0.15) is 0 Å². The van der Waals surface area contributed by atoms with Gasteiger partial charge in [0.25, 0.3) is 0 Å². The third-order valence-electron chi connectivity index (χ3n) is 4.78. The molecule has 3 rings (SSSR count). The van der Waals surface area contributed by atoms with Crippen molar-refractivity contribution in [3.05, 3.63) is 28.7 Å². The summed E-state index contributed by atoms with van der Waals surface area (Å²) < 4.78 is 1.10. The minimum atomic E-state index is 0. The topological polar surface area (TPSA) is 41.1 Å². The first kappa shape index (κ1) is 20.1. The van der Waals surface area contributed by atoms with Gasteiger partial charge in [0.1, 0.15) is 0 Å². The van der Waals surface area contributed by atoms with Crippen molar-refractivity contribution in [2.24, 2.45) is 5.92 Å². The number of thioether (sulfide) groups is 1. The Morgan fingerprint density at radius 3 is 2.54 bits per heavy atom. The van der Waals surface area contributed by atoms with Gasteiger partial charge >= 0.3 is 0 Å². The Morgan fingerprint density at radius 2 is 1.92 bits per heavy atom. The predicted molar refractivity (Wildman–Crippen MR) is 107 cm³/mol. The van der Waals surface area contributed by atoms with Crippen LogP contribution in [0.2, 0.25) is 0 Å². The molecule has 0 radical (unpaired) electrons. The van der Waals surface area contributed by atoms with Gasteiger partial charge in [-0.25, -0.2) is 0 Å². The number of halogens is 2. The van der Waals surface area contributed by atoms with Crippen molar-refractivity contribution >= 4 is 46.0 Å². The van der Waals surface area contributed by atoms with Crippen molar-refractivity contribution in [1.29, 1.82) is 0 Å². The lowest BCUT2D eigenvalue weighted by Crippen LogP contribution is -2.40. The molecule has 2 aliphatic rings. The highest BCUT2D eigenvalue weighted by atomic mass is 79.9. The number of hydrogen-bond acceptors (Lipinski definition) is 3. The van der Waals surface area contributed by atoms with Gasteiger partial charge in [-0.05, 0) is 55.9 Å². The average molecular weight is 434 g/mol. The molecule has 2 fully saturated rings. The van der Waals surface area contributed by atoms with Gasteiger partial charge in [-0.15, -0.1) is 24.2 Å². The Kier molecular flexibility index (Phi) is 7.92. The van der Waals surface area contributed by atoms with Crippen LogP contribution in [-0.4, -0.2) is 29.8 Å². The summed E-state index contributed by atoms with van der Waals surface area (Å²) in [6.45, 7) is 2.90. The summed E-state index contributed by atoms with van der Waals surface area (Å²) in [6, 6.07) is 9.66. The number of amides is 1. The molecule has 0 spiro atoms. The van der Waals surface area contributed by atoms with E-state index in [-0.39, 0.29) is 18.3 Å². The zero-order chi connectivity index (χ0) is 16.2. The summed E-state index contributed by atoms with van der Waals surface area (Å²) in [4.78, 5) is 13.4. The molecule has 0 saturated carbocycles. The van der Waals surface area contributed by atoms with Crippen LogP contribution < -0.4 is 10.6 Å². The molecule has 3 atom stereocenters. The van der Waals surface area contributed by atoms with Gasteiger partial charge in [-0.1, -0.05) is 22.9 Å². The monoisotopic (exact) mass is 432 g/mol. The lowest BCUT2D eigenvalue weighted by atomic mass is 9.89. The van der Waals surface area contributed by atoms with E-state index < -0.39 is 0 Å². The lowest BCUT2D eigenvalue weighted by molar-refractivity contribution is -0.122. The van der Waals surface area contributed by atoms with Crippen LogP contribution in [0.15, 0.2) is 33.6 Å². The molecule has 2 bridgehead atoms. The second-order valence-corrected chi connectivity index (χ2v) is 9.29. The Balaban J connectivity index is 0.00000208. The molecule has 1 aromatic carbocycles. The maximum Gasteiger partial charge on any atom is 0.220 e. The molecule has 3 nitrogen and oxygen atoms in total. The highest BCUT2D eigenvalue weighted by molar-refractivity contribution is 9.10. The van der Waals surface area contributed by atoms with Crippen LogP contribution in [0.25, 0.3) is 0 Å². The number of carbonyl (C=O) groups excluding carboxylic acids is 1. The van der Waals surface area contributed by atoms with E-state index in [0.717, 1.165) is 11.0 Å². The van der Waals surface area contributed by atoms with E-state index in [0.29, 0.717) is 29.7 Å². The summed E-state index contributed by atoms with van der Waals surface area (Å²) in [6.07, 6.45) is 5.64. The van der Waals surface area contributed by atoms with Crippen LogP contribution in [0.3, 0.4) is 0 Å². The second kappa shape index (κ2) is 9.46. The smallest absolute Gasteiger partial charge is 0.220 e. The first-order valence-electron chi connectivity index (χ1n) is 8.53. The summed E-state index contributed by atoms with van der Waals surface area (Å²) in [7, 11) is 0. The number of nitrogens with one attached hydrogen (secondary N) is 2. The molecule has 2 saturated heterocycles. The van der Waals surface area contributed by atoms with Gasteiger partial charge in [0.15, 0.2) is 0 Å². The zero-order valence-electron chi connectivity index (χ0n) is 14.0. The molecule has 3 unspecified atom stereocenters. The molecule has 1 aromatic rings. The SMILES string of the molecule is CC(CNC(=O)CC1CC2CCC(C1)N2)Sc1ccc(Br)cc1.Cl. The van der Waals surface area contributed by atoms with Gasteiger partial charge in [0.2, 0.25) is 5.91 Å². The molecule has 6 heteroatoms. The summed E-state index contributed by atoms with van der Waals surface area (Å²) in [5.74, 6) is 0.794. The van der Waals surface area contributed by atoms with Crippen LogP contribution in [0.1, 0.15) is 39.0 Å². The number of fused-ring (bicyclic) bond motifs is 2. The fraction of sp³-hybridized carbons (Fsp3) is 0.611. The first-order chi connectivity index (χ1) is 11.1. The van der Waals surface area contributed by atoms with Crippen molar-refractivity contribution in [3.8, 4) is 0 Å². The van der Waals surface area contributed by atoms with E-state index >= 15 is 0 Å². The van der Waals surface area contributed by atoms with Crippen LogP contribution in [0, 0.1) is 5.92 Å². The molecule has 0 aliphatic carbocycles. The Morgan fingerprint density at radius 1 is 1.29 bits per heavy atom. The minimum absolute atomic E-state index is 0. The standard InChI is InChI=1S/C18H25BrN2OS.ClH/c1-12(23-17-6-2-14(19)3-7-17)11-20-18(22)10-13-8-15-4-5-16(9-13)21-15;/h2-3,6-7,12-13,15-16,21H,4-5,8-11H2,1H3,(H,20,22);1H. The van der Waals surface area contributed by atoms with Crippen molar-refractivity contribution in [2.75, 3.05) is 6.54 Å². The normalized spacial score (nSPS) is 26.5. The Labute approximate surface area is 163 Å². The largest absolute Gasteiger partial charge is 0.355 e. The summed E-state index contributed by atoms with van der Waals surface area (Å²) in [5, 5.41) is 7.14. The average Bonchev–Trinajstić information content (AvgIpc) is 2.86. The van der Waals surface area contributed by atoms with E-state index in [1.807, 2.05) is 0 Å². The van der Waals surface area contributed by atoms with E-state index in [9.17, 15) is 4.79 Å². The molecule has 2 aliphatic heterocycles. The Hall–Kier alpha value is -0.230. The first-order valence-corrected chi connectivity index (χ1v) is 10.2. The molecular formula is C18H26BrClN2OS. The van der Waals surface area contributed by atoms with Crippen molar-refractivity contribution in [2.45, 2.75) is 61.3 Å². The molecule has 2 heterocycles. The molecule has 1 amide bonds. The van der Waals surface area contributed by atoms with Crippen LogP contribution >= 0.6 is 40.1 Å². The fourth-order valence-corrected chi connectivity index (χ4v) is 4.91. The van der Waals surface area contributed by atoms with Crippen molar-refractivity contribution < 1.29 is 4.79 Å². The summed E-state index contributed by atoms with van der Waals surface area (Å²) in [5.41, 5.74) is 0. The van der Waals surface area contributed by atoms with Gasteiger partial charge < -0.3 is 10.6 Å². The van der Waals surface area contributed by atoms with Gasteiger partial charge in [0.05, 0.1) is 0 Å². The second-order valence-electron chi connectivity index (χ2n) is 6.87. The number of rotatable bonds is 6. The van der Waals surface area contributed by atoms with Crippen LogP contribution in [0.5, 0.6) is 0 Å². The van der Waals surface area contributed by atoms with Crippen LogP contribution in [0.4, 0.5) is 0 Å². The van der Waals surface area contributed by atoms with Crippen LogP contribution in [-0.2, 0) is 4.79 Å². The third-order valence-corrected chi connectivity index (χ3v) is 6.42. The number of hydrogen-bond donors (Lipinski definition) is 2. The zero-order valence-corrected chi connectivity index (χ0v) is 17.2. The van der Waals surface area contributed by atoms with Gasteiger partial charge in [0, 0.05) is 39.7 Å². The molecule has 2 N–H and O–H groups in total. The number of carbonyl (C=O) groups is 1. The number of benzene rings is 1. The molecule has 134 valence electrons. The highest BCUT2D eigenvalue weighted by Crippen LogP contribution is 2.32. The van der Waals surface area contributed by atoms with Crippen molar-refractivity contribution in [3.63, 3.8) is 0 Å². The predicted octanol–water partition coefficient (Wildman–Crippen LogP) is 4.39. The van der Waals surface area contributed by atoms with E-state index in [1.54, 1.807) is 11.8 Å². The quantitative estimate of drug-likeness (QED) is 0.654. The minimum Gasteiger partial charge on any atom is -0.355 e. The molecular weight excluding hydrogens is 408 g/mol. The van der Waals surface area contributed by atoms with Gasteiger partial charge in [-0.3, -0.25) is 4.79 Å². The molecule has 0 aromatic heterocycles. The Bertz CT molecular complexity index is 530. The maximum absolute atomic E-state index is 12.2. The lowest BCUT2D eigenvalue weighted by Gasteiger charge is -2.28. The van der Waals surface area contributed by atoms with Crippen molar-refractivity contribution in [1.82, 2.24) is 10.6 Å². The van der Waals surface area contributed by atoms with E-state index in [4.69, 9.17) is 0 Å². The van der Waals surface area contributed by atoms with E-state index in [1.165, 1.54) is 30.6 Å².